The number of aryl methyl sites for hydroxylation is 1. The van der Waals surface area contributed by atoms with Gasteiger partial charge >= 0.3 is 11.9 Å². The van der Waals surface area contributed by atoms with E-state index in [-0.39, 0.29) is 59.0 Å². The van der Waals surface area contributed by atoms with Crippen LogP contribution in [0.4, 0.5) is 5.69 Å². The topological polar surface area (TPSA) is 169 Å². The Kier molecular flexibility index (Phi) is 13.3. The van der Waals surface area contributed by atoms with Crippen LogP contribution in [0.5, 0.6) is 0 Å². The molecule has 4 heterocycles. The highest BCUT2D eigenvalue weighted by Gasteiger charge is 2.39. The number of nitrogens with one attached hydrogen (secondary N) is 1. The highest BCUT2D eigenvalue weighted by atomic mass is 32.2. The average molecular weight is 922 g/mol. The van der Waals surface area contributed by atoms with Gasteiger partial charge in [0.1, 0.15) is 12.2 Å². The van der Waals surface area contributed by atoms with E-state index in [4.69, 9.17) is 22.6 Å². The van der Waals surface area contributed by atoms with Gasteiger partial charge in [0.15, 0.2) is 23.3 Å². The van der Waals surface area contributed by atoms with Gasteiger partial charge in [0.2, 0.25) is 11.4 Å². The first-order valence-corrected chi connectivity index (χ1v) is 24.3. The van der Waals surface area contributed by atoms with E-state index in [0.29, 0.717) is 63.8 Å². The molecule has 0 saturated heterocycles. The minimum Gasteiger partial charge on any atom is -0.459 e. The molecule has 346 valence electrons. The van der Waals surface area contributed by atoms with Crippen LogP contribution in [0.2, 0.25) is 0 Å². The number of nitrogens with zero attached hydrogens (tertiary/aromatic N) is 8. The lowest BCUT2D eigenvalue weighted by molar-refractivity contribution is -0.153. The summed E-state index contributed by atoms with van der Waals surface area (Å²) in [5.41, 5.74) is 4.01. The largest absolute Gasteiger partial charge is 0.459 e. The minimum atomic E-state index is -3.76. The van der Waals surface area contributed by atoms with Gasteiger partial charge in [-0.05, 0) is 92.4 Å². The number of carbonyl (C=O) groups is 2. The van der Waals surface area contributed by atoms with Crippen LogP contribution in [-0.2, 0) is 42.2 Å². The molecule has 15 nitrogen and oxygen atoms in total. The second-order valence-corrected chi connectivity index (χ2v) is 20.6. The number of benzene rings is 3. The number of carbonyl (C=O) groups excluding carboxylic acids is 2. The second kappa shape index (κ2) is 19.1. The zero-order valence-electron chi connectivity index (χ0n) is 38.8. The van der Waals surface area contributed by atoms with Crippen LogP contribution in [0.1, 0.15) is 84.4 Å². The number of rotatable bonds is 9. The van der Waals surface area contributed by atoms with Crippen molar-refractivity contribution in [3.05, 3.63) is 130 Å². The predicted octanol–water partition coefficient (Wildman–Crippen LogP) is 9.52. The number of anilines is 1. The van der Waals surface area contributed by atoms with E-state index in [9.17, 15) is 18.0 Å². The van der Waals surface area contributed by atoms with Crippen LogP contribution in [0.15, 0.2) is 94.9 Å². The van der Waals surface area contributed by atoms with E-state index >= 15 is 0 Å². The fourth-order valence-electron chi connectivity index (χ4n) is 10.3. The van der Waals surface area contributed by atoms with Gasteiger partial charge < -0.3 is 9.47 Å². The third-order valence-electron chi connectivity index (χ3n) is 13.2. The minimum absolute atomic E-state index is 0.102. The molecule has 4 atom stereocenters. The van der Waals surface area contributed by atoms with Gasteiger partial charge in [-0.1, -0.05) is 102 Å². The van der Waals surface area contributed by atoms with Crippen LogP contribution in [0, 0.1) is 55.6 Å². The smallest absolute Gasteiger partial charge is 0.325 e. The molecule has 2 saturated carbocycles. The molecular weight excluding hydrogens is 867 g/mol. The fourth-order valence-corrected chi connectivity index (χ4v) is 11.3. The first-order chi connectivity index (χ1) is 32.0. The predicted molar refractivity (Wildman–Crippen MR) is 253 cm³/mol. The van der Waals surface area contributed by atoms with Crippen molar-refractivity contribution in [1.82, 2.24) is 29.5 Å². The molecule has 4 aliphatic rings. The van der Waals surface area contributed by atoms with E-state index in [2.05, 4.69) is 76.1 Å². The lowest BCUT2D eigenvalue weighted by Gasteiger charge is -2.37. The van der Waals surface area contributed by atoms with E-state index < -0.39 is 22.0 Å². The molecule has 0 amide bonds. The Morgan fingerprint density at radius 2 is 1.10 bits per heavy atom. The van der Waals surface area contributed by atoms with Gasteiger partial charge in [-0.25, -0.2) is 37.7 Å². The lowest BCUT2D eigenvalue weighted by Crippen LogP contribution is -2.37. The molecule has 9 rings (SSSR count). The Balaban J connectivity index is 0.000000188. The number of fused-ring (bicyclic) bond motifs is 2. The van der Waals surface area contributed by atoms with Gasteiger partial charge in [-0.3, -0.25) is 14.1 Å². The molecule has 4 unspecified atom stereocenters. The Bertz CT molecular complexity index is 2940. The number of hydrogen-bond acceptors (Lipinski definition) is 10. The number of ether oxygens (including phenoxy) is 2. The Morgan fingerprint density at radius 3 is 1.57 bits per heavy atom. The molecule has 67 heavy (non-hydrogen) atoms. The maximum absolute atomic E-state index is 13.1. The van der Waals surface area contributed by atoms with Crippen molar-refractivity contribution in [2.45, 2.75) is 104 Å². The normalized spacial score (nSPS) is 24.4. The first kappa shape index (κ1) is 46.6. The lowest BCUT2D eigenvalue weighted by atomic mass is 9.75. The Labute approximate surface area is 392 Å². The molecule has 5 aromatic rings. The molecule has 0 radical (unpaired) electrons. The molecular formula is C51H55N9O6S. The fraction of sp³-hybridized carbons (Fsp3) is 0.412. The SMILES string of the molecule is [C-]#[N+]C1=C(C(=O)OC2C(C)CC(C)CC2C)Cn2nc(-c3ccc(C)cc3)nc21.[C-]#[N+]C1=C(C(=O)OC2C(C)CC(C)CC2C)Cn2nc(-c3cccc(NS(=O)(=O)c4ccccc4)c3)nc21. The highest BCUT2D eigenvalue weighted by molar-refractivity contribution is 7.92. The zero-order valence-corrected chi connectivity index (χ0v) is 39.6. The summed E-state index contributed by atoms with van der Waals surface area (Å²) in [4.78, 5) is 42.4. The maximum atomic E-state index is 13.1. The molecule has 1 N–H and O–H groups in total. The van der Waals surface area contributed by atoms with Crippen molar-refractivity contribution in [1.29, 1.82) is 0 Å². The molecule has 3 aromatic carbocycles. The summed E-state index contributed by atoms with van der Waals surface area (Å²) in [6.45, 7) is 30.6. The monoisotopic (exact) mass is 921 g/mol. The van der Waals surface area contributed by atoms with Crippen molar-refractivity contribution >= 4 is 39.0 Å². The van der Waals surface area contributed by atoms with Crippen molar-refractivity contribution in [2.24, 2.45) is 35.5 Å². The number of aromatic nitrogens is 6. The molecule has 2 aliphatic carbocycles. The third kappa shape index (κ3) is 9.81. The summed E-state index contributed by atoms with van der Waals surface area (Å²) in [6.07, 6.45) is 3.83. The van der Waals surface area contributed by atoms with Crippen LogP contribution in [0.3, 0.4) is 0 Å². The summed E-state index contributed by atoms with van der Waals surface area (Å²) in [7, 11) is -3.76. The number of esters is 2. The standard InChI is InChI=1S/C28H29N5O4S.C23H26N4O2/c1-17-13-18(2)25(19(3)14-17)37-28(34)23-16-33-27(24(23)29-4)30-26(31-33)20-9-8-10-21(15-20)32-38(35,36)22-11-6-5-7-12-22;1-13-6-8-17(9-7-13)21-25-22-19(24-5)18(12-27(22)26-21)23(28)29-20-15(3)10-14(2)11-16(20)4/h5-12,15,17-19,25,32H,13-14,16H2,1-3H3;6-9,14-16,20H,10-12H2,1-4H3. The molecule has 2 aromatic heterocycles. The van der Waals surface area contributed by atoms with Crippen LogP contribution < -0.4 is 4.72 Å². The van der Waals surface area contributed by atoms with Gasteiger partial charge in [0.25, 0.3) is 10.0 Å². The molecule has 16 heteroatoms. The summed E-state index contributed by atoms with van der Waals surface area (Å²) in [5, 5.41) is 9.03. The van der Waals surface area contributed by atoms with Crippen molar-refractivity contribution < 1.29 is 27.5 Å². The van der Waals surface area contributed by atoms with Crippen LogP contribution in [-0.4, -0.2) is 62.1 Å². The van der Waals surface area contributed by atoms with Gasteiger partial charge in [0, 0.05) is 16.8 Å². The van der Waals surface area contributed by atoms with Gasteiger partial charge in [-0.2, -0.15) is 10.2 Å². The zero-order chi connectivity index (χ0) is 47.7. The van der Waals surface area contributed by atoms with E-state index in [1.165, 1.54) is 16.8 Å². The van der Waals surface area contributed by atoms with Crippen molar-refractivity contribution in [2.75, 3.05) is 4.72 Å². The maximum Gasteiger partial charge on any atom is 0.325 e. The average Bonchev–Trinajstić information content (AvgIpc) is 4.07. The van der Waals surface area contributed by atoms with E-state index in [1.807, 2.05) is 31.2 Å². The first-order valence-electron chi connectivity index (χ1n) is 22.8. The van der Waals surface area contributed by atoms with Gasteiger partial charge in [-0.15, -0.1) is 0 Å². The molecule has 2 fully saturated rings. The second-order valence-electron chi connectivity index (χ2n) is 18.9. The summed E-state index contributed by atoms with van der Waals surface area (Å²) < 4.78 is 43.0. The summed E-state index contributed by atoms with van der Waals surface area (Å²) >= 11 is 0. The van der Waals surface area contributed by atoms with E-state index in [0.717, 1.165) is 36.8 Å². The number of hydrogen-bond donors (Lipinski definition) is 1. The van der Waals surface area contributed by atoms with Crippen molar-refractivity contribution in [3.63, 3.8) is 0 Å². The highest BCUT2D eigenvalue weighted by Crippen LogP contribution is 2.39. The molecule has 2 aliphatic heterocycles. The van der Waals surface area contributed by atoms with Crippen LogP contribution in [0.25, 0.3) is 43.9 Å². The van der Waals surface area contributed by atoms with Crippen molar-refractivity contribution in [3.8, 4) is 22.8 Å². The van der Waals surface area contributed by atoms with Gasteiger partial charge in [0.05, 0.1) is 42.3 Å². The molecule has 0 spiro atoms. The quantitative estimate of drug-likeness (QED) is 0.111. The molecule has 0 bridgehead atoms. The number of sulfonamides is 1. The van der Waals surface area contributed by atoms with Crippen LogP contribution >= 0.6 is 0 Å². The Morgan fingerprint density at radius 1 is 0.642 bits per heavy atom. The summed E-state index contributed by atoms with van der Waals surface area (Å²) in [5.74, 6) is 3.14. The third-order valence-corrected chi connectivity index (χ3v) is 14.6. The van der Waals surface area contributed by atoms with E-state index in [1.54, 1.807) is 47.1 Å². The Hall–Kier alpha value is -6.91. The summed E-state index contributed by atoms with van der Waals surface area (Å²) in [6, 6.07) is 22.8.